The summed E-state index contributed by atoms with van der Waals surface area (Å²) >= 11 is 0. The minimum Gasteiger partial charge on any atom is -0.468 e. The van der Waals surface area contributed by atoms with Crippen molar-refractivity contribution in [1.29, 1.82) is 0 Å². The summed E-state index contributed by atoms with van der Waals surface area (Å²) in [5.74, 6) is 1.03. The highest BCUT2D eigenvalue weighted by Gasteiger charge is 2.19. The Bertz CT molecular complexity index is 317. The predicted molar refractivity (Wildman–Crippen MR) is 71.6 cm³/mol. The number of nitrogens with zero attached hydrogens (tertiary/aromatic N) is 1. The number of nitrogens with one attached hydrogen (secondary N) is 1. The number of rotatable bonds is 5. The first-order valence-corrected chi connectivity index (χ1v) is 6.78. The molecule has 1 saturated heterocycles. The van der Waals surface area contributed by atoms with E-state index in [1.54, 1.807) is 6.26 Å². The number of hydrogen-bond donors (Lipinski definition) is 1. The molecule has 18 heavy (non-hydrogen) atoms. The van der Waals surface area contributed by atoms with Crippen molar-refractivity contribution >= 4 is 0 Å². The Morgan fingerprint density at radius 3 is 3.00 bits per heavy atom. The van der Waals surface area contributed by atoms with E-state index in [1.165, 1.54) is 6.42 Å². The first-order chi connectivity index (χ1) is 8.77. The lowest BCUT2D eigenvalue weighted by molar-refractivity contribution is 0.142. The van der Waals surface area contributed by atoms with Crippen molar-refractivity contribution in [1.82, 2.24) is 10.2 Å². The predicted octanol–water partition coefficient (Wildman–Crippen LogP) is 2.04. The van der Waals surface area contributed by atoms with Gasteiger partial charge in [0.2, 0.25) is 0 Å². The topological polar surface area (TPSA) is 37.6 Å². The maximum absolute atomic E-state index is 5.52. The molecule has 0 aromatic carbocycles. The van der Waals surface area contributed by atoms with Crippen LogP contribution in [0.25, 0.3) is 0 Å². The van der Waals surface area contributed by atoms with Gasteiger partial charge in [0.05, 0.1) is 12.3 Å². The second-order valence-electron chi connectivity index (χ2n) is 5.14. The van der Waals surface area contributed by atoms with Gasteiger partial charge in [-0.15, -0.1) is 0 Å². The minimum atomic E-state index is 0.296. The second-order valence-corrected chi connectivity index (χ2v) is 5.14. The van der Waals surface area contributed by atoms with E-state index in [4.69, 9.17) is 9.15 Å². The standard InChI is InChI=1S/C14H24N2O2/c1-16(2)13(14-6-4-9-18-14)11-15-12-5-3-8-17-10-7-12/h4,6,9,12-13,15H,3,5,7-8,10-11H2,1-2H3. The van der Waals surface area contributed by atoms with Crippen LogP contribution in [0.15, 0.2) is 22.8 Å². The van der Waals surface area contributed by atoms with Gasteiger partial charge in [0.25, 0.3) is 0 Å². The van der Waals surface area contributed by atoms with Crippen molar-refractivity contribution in [3.8, 4) is 0 Å². The molecule has 1 aliphatic rings. The Labute approximate surface area is 109 Å². The normalized spacial score (nSPS) is 22.9. The summed E-state index contributed by atoms with van der Waals surface area (Å²) in [5.41, 5.74) is 0. The third-order valence-electron chi connectivity index (χ3n) is 3.55. The van der Waals surface area contributed by atoms with Crippen molar-refractivity contribution in [3.05, 3.63) is 24.2 Å². The lowest BCUT2D eigenvalue weighted by Gasteiger charge is -2.25. The lowest BCUT2D eigenvalue weighted by Crippen LogP contribution is -2.37. The molecule has 0 aliphatic carbocycles. The van der Waals surface area contributed by atoms with Crippen LogP contribution < -0.4 is 5.32 Å². The Morgan fingerprint density at radius 2 is 2.28 bits per heavy atom. The molecule has 4 heteroatoms. The Kier molecular flexibility index (Phi) is 5.23. The summed E-state index contributed by atoms with van der Waals surface area (Å²) in [6.07, 6.45) is 5.22. The Balaban J connectivity index is 1.85. The first-order valence-electron chi connectivity index (χ1n) is 6.78. The molecular weight excluding hydrogens is 228 g/mol. The van der Waals surface area contributed by atoms with Gasteiger partial charge in [0.1, 0.15) is 5.76 Å². The summed E-state index contributed by atoms with van der Waals surface area (Å²) in [6.45, 7) is 2.71. The van der Waals surface area contributed by atoms with E-state index in [0.717, 1.165) is 38.4 Å². The first kappa shape index (κ1) is 13.6. The molecule has 1 fully saturated rings. The van der Waals surface area contributed by atoms with Crippen LogP contribution in [0.4, 0.5) is 0 Å². The van der Waals surface area contributed by atoms with Crippen LogP contribution in [0.5, 0.6) is 0 Å². The zero-order valence-electron chi connectivity index (χ0n) is 11.4. The van der Waals surface area contributed by atoms with E-state index in [2.05, 4.69) is 24.3 Å². The van der Waals surface area contributed by atoms with E-state index >= 15 is 0 Å². The maximum atomic E-state index is 5.52. The van der Waals surface area contributed by atoms with Crippen LogP contribution in [-0.4, -0.2) is 44.8 Å². The second kappa shape index (κ2) is 6.92. The fourth-order valence-corrected chi connectivity index (χ4v) is 2.40. The van der Waals surface area contributed by atoms with Crippen molar-refractivity contribution in [2.24, 2.45) is 0 Å². The zero-order chi connectivity index (χ0) is 12.8. The molecule has 2 atom stereocenters. The molecule has 4 nitrogen and oxygen atoms in total. The molecule has 102 valence electrons. The van der Waals surface area contributed by atoms with Crippen LogP contribution >= 0.6 is 0 Å². The highest BCUT2D eigenvalue weighted by molar-refractivity contribution is 5.05. The molecule has 1 aromatic rings. The van der Waals surface area contributed by atoms with E-state index in [-0.39, 0.29) is 0 Å². The molecule has 0 bridgehead atoms. The van der Waals surface area contributed by atoms with Gasteiger partial charge in [0, 0.05) is 25.8 Å². The van der Waals surface area contributed by atoms with E-state index in [9.17, 15) is 0 Å². The Morgan fingerprint density at radius 1 is 1.39 bits per heavy atom. The number of ether oxygens (including phenoxy) is 1. The quantitative estimate of drug-likeness (QED) is 0.870. The third-order valence-corrected chi connectivity index (χ3v) is 3.55. The van der Waals surface area contributed by atoms with Crippen molar-refractivity contribution < 1.29 is 9.15 Å². The van der Waals surface area contributed by atoms with E-state index in [0.29, 0.717) is 12.1 Å². The van der Waals surface area contributed by atoms with Crippen LogP contribution in [0.3, 0.4) is 0 Å². The Hall–Kier alpha value is -0.840. The van der Waals surface area contributed by atoms with E-state index < -0.39 is 0 Å². The molecule has 2 heterocycles. The molecular formula is C14H24N2O2. The summed E-state index contributed by atoms with van der Waals surface area (Å²) in [7, 11) is 4.18. The average Bonchev–Trinajstić information content (AvgIpc) is 2.73. The SMILES string of the molecule is CN(C)C(CNC1CCCOCC1)c1ccco1. The molecule has 0 amide bonds. The summed E-state index contributed by atoms with van der Waals surface area (Å²) in [5, 5.41) is 3.65. The molecule has 2 unspecified atom stereocenters. The molecule has 0 spiro atoms. The van der Waals surface area contributed by atoms with Gasteiger partial charge in [-0.25, -0.2) is 0 Å². The van der Waals surface area contributed by atoms with Gasteiger partial charge in [-0.1, -0.05) is 0 Å². The maximum Gasteiger partial charge on any atom is 0.122 e. The van der Waals surface area contributed by atoms with Crippen molar-refractivity contribution in [2.45, 2.75) is 31.3 Å². The molecule has 1 aromatic heterocycles. The number of hydrogen-bond acceptors (Lipinski definition) is 4. The largest absolute Gasteiger partial charge is 0.468 e. The fraction of sp³-hybridized carbons (Fsp3) is 0.714. The smallest absolute Gasteiger partial charge is 0.122 e. The van der Waals surface area contributed by atoms with Crippen LogP contribution in [0.1, 0.15) is 31.1 Å². The highest BCUT2D eigenvalue weighted by atomic mass is 16.5. The monoisotopic (exact) mass is 252 g/mol. The fourth-order valence-electron chi connectivity index (χ4n) is 2.40. The zero-order valence-corrected chi connectivity index (χ0v) is 11.4. The number of furan rings is 1. The summed E-state index contributed by atoms with van der Waals surface area (Å²) in [4.78, 5) is 2.19. The average molecular weight is 252 g/mol. The molecule has 2 rings (SSSR count). The van der Waals surface area contributed by atoms with Gasteiger partial charge in [0.15, 0.2) is 0 Å². The molecule has 0 saturated carbocycles. The minimum absolute atomic E-state index is 0.296. The van der Waals surface area contributed by atoms with Crippen LogP contribution in [-0.2, 0) is 4.74 Å². The van der Waals surface area contributed by atoms with Crippen molar-refractivity contribution in [3.63, 3.8) is 0 Å². The van der Waals surface area contributed by atoms with Crippen molar-refractivity contribution in [2.75, 3.05) is 33.9 Å². The lowest BCUT2D eigenvalue weighted by atomic mass is 10.1. The third kappa shape index (κ3) is 3.83. The van der Waals surface area contributed by atoms with Crippen LogP contribution in [0, 0.1) is 0 Å². The summed E-state index contributed by atoms with van der Waals surface area (Å²) in [6, 6.07) is 4.86. The molecule has 1 aliphatic heterocycles. The van der Waals surface area contributed by atoms with Gasteiger partial charge >= 0.3 is 0 Å². The molecule has 1 N–H and O–H groups in total. The van der Waals surface area contributed by atoms with E-state index in [1.807, 2.05) is 12.1 Å². The summed E-state index contributed by atoms with van der Waals surface area (Å²) < 4.78 is 11.0. The van der Waals surface area contributed by atoms with Gasteiger partial charge in [-0.2, -0.15) is 0 Å². The number of likely N-dealkylation sites (N-methyl/N-ethyl adjacent to an activating group) is 1. The molecule has 0 radical (unpaired) electrons. The van der Waals surface area contributed by atoms with Gasteiger partial charge in [-0.05, 0) is 45.5 Å². The van der Waals surface area contributed by atoms with Crippen LogP contribution in [0.2, 0.25) is 0 Å². The van der Waals surface area contributed by atoms with Gasteiger partial charge in [-0.3, -0.25) is 4.90 Å². The highest BCUT2D eigenvalue weighted by Crippen LogP contribution is 2.18. The van der Waals surface area contributed by atoms with Gasteiger partial charge < -0.3 is 14.5 Å².